The Bertz CT molecular complexity index is 3350. The largest absolute Gasteiger partial charge is 0.456 e. The zero-order valence-electron chi connectivity index (χ0n) is 28.0. The normalized spacial score (nSPS) is 12.2. The summed E-state index contributed by atoms with van der Waals surface area (Å²) in [4.78, 5) is 2.30. The molecule has 0 atom stereocenters. The maximum atomic E-state index is 6.33. The van der Waals surface area contributed by atoms with E-state index >= 15 is 0 Å². The number of anilines is 3. The van der Waals surface area contributed by atoms with Crippen LogP contribution >= 0.6 is 0 Å². The van der Waals surface area contributed by atoms with Crippen LogP contribution in [0.15, 0.2) is 180 Å². The Morgan fingerprint density at radius 3 is 1.67 bits per heavy atom. The van der Waals surface area contributed by atoms with Gasteiger partial charge in [0.15, 0.2) is 0 Å². The predicted molar refractivity (Wildman–Crippen MR) is 217 cm³/mol. The topological polar surface area (TPSA) is 25.2 Å². The Kier molecular flexibility index (Phi) is 5.47. The lowest BCUT2D eigenvalue weighted by Crippen LogP contribution is -2.09. The van der Waals surface area contributed by atoms with Gasteiger partial charge in [-0.05, 0) is 66.2 Å². The summed E-state index contributed by atoms with van der Waals surface area (Å²) in [6, 6.07) is 63.4. The SMILES string of the molecule is c1ccc(N(c2ccc(-c3cccc4c3n3c5ccccc5c5ccc6c7ccccc7n4c6c53)cc2)c2ccc3c(c2)oc2ccccc23)cc1. The summed E-state index contributed by atoms with van der Waals surface area (Å²) in [7, 11) is 0. The van der Waals surface area contributed by atoms with Crippen LogP contribution in [0.4, 0.5) is 17.1 Å². The second-order valence-electron chi connectivity index (χ2n) is 13.7. The standard InChI is InChI=1S/C48H29N3O/c1-2-11-31(12-3-1)49(33-25-26-38-37-15-6-9-20-44(37)52-45(38)29-33)32-23-21-30(22-24-32)34-16-10-19-43-46(34)51-42-18-8-5-14-36(42)40-28-27-39-35-13-4-7-17-41(35)50(43)47(39)48(40)51/h1-29H. The number of nitrogens with zero attached hydrogens (tertiary/aromatic N) is 3. The van der Waals surface area contributed by atoms with Gasteiger partial charge >= 0.3 is 0 Å². The molecule has 0 aliphatic rings. The van der Waals surface area contributed by atoms with Crippen molar-refractivity contribution >= 4 is 93.6 Å². The second kappa shape index (κ2) is 10.3. The van der Waals surface area contributed by atoms with Gasteiger partial charge < -0.3 is 18.1 Å². The van der Waals surface area contributed by atoms with E-state index in [1.807, 2.05) is 12.1 Å². The first-order valence-corrected chi connectivity index (χ1v) is 17.8. The molecule has 12 aromatic rings. The second-order valence-corrected chi connectivity index (χ2v) is 13.7. The van der Waals surface area contributed by atoms with Crippen molar-refractivity contribution in [1.29, 1.82) is 0 Å². The molecular formula is C48H29N3O. The third kappa shape index (κ3) is 3.65. The molecule has 0 N–H and O–H groups in total. The van der Waals surface area contributed by atoms with Crippen LogP contribution in [0.5, 0.6) is 0 Å². The van der Waals surface area contributed by atoms with E-state index in [0.29, 0.717) is 0 Å². The highest BCUT2D eigenvalue weighted by Crippen LogP contribution is 2.44. The fourth-order valence-electron chi connectivity index (χ4n) is 8.83. The molecule has 4 nitrogen and oxygen atoms in total. The molecule has 0 saturated carbocycles. The molecule has 0 amide bonds. The molecule has 0 aliphatic carbocycles. The van der Waals surface area contributed by atoms with Crippen molar-refractivity contribution in [2.75, 3.05) is 4.90 Å². The average molecular weight is 664 g/mol. The molecule has 242 valence electrons. The zero-order valence-corrected chi connectivity index (χ0v) is 28.0. The van der Waals surface area contributed by atoms with Crippen LogP contribution in [0, 0.1) is 0 Å². The van der Waals surface area contributed by atoms with E-state index in [0.717, 1.165) is 39.0 Å². The lowest BCUT2D eigenvalue weighted by atomic mass is 10.0. The number of hydrogen-bond donors (Lipinski definition) is 0. The first kappa shape index (κ1) is 27.7. The maximum Gasteiger partial charge on any atom is 0.137 e. The minimum atomic E-state index is 0.879. The van der Waals surface area contributed by atoms with Crippen molar-refractivity contribution in [2.24, 2.45) is 0 Å². The van der Waals surface area contributed by atoms with E-state index in [9.17, 15) is 0 Å². The highest BCUT2D eigenvalue weighted by Gasteiger charge is 2.23. The smallest absolute Gasteiger partial charge is 0.137 e. The van der Waals surface area contributed by atoms with E-state index in [-0.39, 0.29) is 0 Å². The van der Waals surface area contributed by atoms with E-state index in [1.165, 1.54) is 65.8 Å². The molecule has 0 spiro atoms. The summed E-state index contributed by atoms with van der Waals surface area (Å²) in [6.07, 6.45) is 0. The molecule has 4 aromatic heterocycles. The number of rotatable bonds is 4. The highest BCUT2D eigenvalue weighted by molar-refractivity contribution is 6.26. The average Bonchev–Trinajstić information content (AvgIpc) is 3.86. The predicted octanol–water partition coefficient (Wildman–Crippen LogP) is 13.3. The molecule has 52 heavy (non-hydrogen) atoms. The van der Waals surface area contributed by atoms with Crippen LogP contribution in [0.2, 0.25) is 0 Å². The van der Waals surface area contributed by atoms with Crippen LogP contribution in [0.3, 0.4) is 0 Å². The van der Waals surface area contributed by atoms with Crippen molar-refractivity contribution in [3.63, 3.8) is 0 Å². The van der Waals surface area contributed by atoms with Crippen molar-refractivity contribution in [3.8, 4) is 11.1 Å². The van der Waals surface area contributed by atoms with Crippen molar-refractivity contribution in [3.05, 3.63) is 176 Å². The van der Waals surface area contributed by atoms with Gasteiger partial charge in [0.2, 0.25) is 0 Å². The Morgan fingerprint density at radius 2 is 0.904 bits per heavy atom. The Labute approximate surface area is 297 Å². The zero-order chi connectivity index (χ0) is 33.9. The van der Waals surface area contributed by atoms with Gasteiger partial charge in [-0.1, -0.05) is 109 Å². The van der Waals surface area contributed by atoms with Crippen LogP contribution in [-0.2, 0) is 0 Å². The van der Waals surface area contributed by atoms with Crippen LogP contribution in [0.25, 0.3) is 87.7 Å². The van der Waals surface area contributed by atoms with Gasteiger partial charge in [0.25, 0.3) is 0 Å². The Morgan fingerprint density at radius 1 is 0.346 bits per heavy atom. The number of fused-ring (bicyclic) bond motifs is 12. The lowest BCUT2D eigenvalue weighted by Gasteiger charge is -2.25. The van der Waals surface area contributed by atoms with E-state index in [2.05, 4.69) is 177 Å². The minimum absolute atomic E-state index is 0.879. The maximum absolute atomic E-state index is 6.33. The van der Waals surface area contributed by atoms with Crippen molar-refractivity contribution in [1.82, 2.24) is 8.80 Å². The molecule has 0 bridgehead atoms. The summed E-state index contributed by atoms with van der Waals surface area (Å²) in [5.74, 6) is 0. The summed E-state index contributed by atoms with van der Waals surface area (Å²) < 4.78 is 11.3. The Balaban J connectivity index is 1.10. The van der Waals surface area contributed by atoms with Crippen molar-refractivity contribution in [2.45, 2.75) is 0 Å². The van der Waals surface area contributed by atoms with Crippen LogP contribution in [-0.4, -0.2) is 8.80 Å². The van der Waals surface area contributed by atoms with Gasteiger partial charge in [-0.25, -0.2) is 0 Å². The molecule has 4 heteroatoms. The van der Waals surface area contributed by atoms with E-state index in [1.54, 1.807) is 0 Å². The summed E-state index contributed by atoms with van der Waals surface area (Å²) >= 11 is 0. The van der Waals surface area contributed by atoms with Crippen LogP contribution in [0.1, 0.15) is 0 Å². The third-order valence-corrected chi connectivity index (χ3v) is 11.0. The van der Waals surface area contributed by atoms with Crippen LogP contribution < -0.4 is 4.90 Å². The fourth-order valence-corrected chi connectivity index (χ4v) is 8.83. The molecule has 0 radical (unpaired) electrons. The number of hydrogen-bond acceptors (Lipinski definition) is 2. The van der Waals surface area contributed by atoms with Gasteiger partial charge in [0.05, 0.1) is 33.1 Å². The quantitative estimate of drug-likeness (QED) is 0.175. The minimum Gasteiger partial charge on any atom is -0.456 e. The molecule has 12 rings (SSSR count). The van der Waals surface area contributed by atoms with Gasteiger partial charge in [-0.2, -0.15) is 0 Å². The Hall–Kier alpha value is -7.04. The number of aromatic nitrogens is 2. The van der Waals surface area contributed by atoms with Gasteiger partial charge in [-0.15, -0.1) is 0 Å². The van der Waals surface area contributed by atoms with E-state index < -0.39 is 0 Å². The first-order chi connectivity index (χ1) is 25.8. The summed E-state index contributed by atoms with van der Waals surface area (Å²) in [5.41, 5.74) is 14.7. The molecule has 0 unspecified atom stereocenters. The molecular weight excluding hydrogens is 635 g/mol. The van der Waals surface area contributed by atoms with Gasteiger partial charge in [0, 0.05) is 61.0 Å². The molecule has 0 fully saturated rings. The lowest BCUT2D eigenvalue weighted by molar-refractivity contribution is 0.669. The third-order valence-electron chi connectivity index (χ3n) is 11.0. The summed E-state index contributed by atoms with van der Waals surface area (Å²) in [5, 5.41) is 7.37. The molecule has 0 aliphatic heterocycles. The molecule has 0 saturated heterocycles. The van der Waals surface area contributed by atoms with E-state index in [4.69, 9.17) is 4.42 Å². The molecule has 4 heterocycles. The van der Waals surface area contributed by atoms with Crippen molar-refractivity contribution < 1.29 is 4.42 Å². The number of furan rings is 1. The highest BCUT2D eigenvalue weighted by atomic mass is 16.3. The molecule has 8 aromatic carbocycles. The number of benzene rings is 8. The fraction of sp³-hybridized carbons (Fsp3) is 0. The summed E-state index contributed by atoms with van der Waals surface area (Å²) in [6.45, 7) is 0. The van der Waals surface area contributed by atoms with Gasteiger partial charge in [-0.3, -0.25) is 0 Å². The number of para-hydroxylation sites is 5. The van der Waals surface area contributed by atoms with Gasteiger partial charge in [0.1, 0.15) is 11.2 Å². The monoisotopic (exact) mass is 663 g/mol. The first-order valence-electron chi connectivity index (χ1n) is 17.8.